The maximum Gasteiger partial charge on any atom is 0.119 e. The zero-order valence-electron chi connectivity index (χ0n) is 12.0. The van der Waals surface area contributed by atoms with E-state index in [0.717, 1.165) is 56.9 Å². The molecule has 110 valence electrons. The molecule has 20 heavy (non-hydrogen) atoms. The third kappa shape index (κ3) is 2.68. The van der Waals surface area contributed by atoms with Crippen LogP contribution in [0.25, 0.3) is 0 Å². The summed E-state index contributed by atoms with van der Waals surface area (Å²) in [6.07, 6.45) is 2.66. The van der Waals surface area contributed by atoms with Crippen molar-refractivity contribution >= 4 is 0 Å². The predicted octanol–water partition coefficient (Wildman–Crippen LogP) is 1.77. The van der Waals surface area contributed by atoms with Crippen molar-refractivity contribution in [3.63, 3.8) is 0 Å². The number of aryl methyl sites for hydroxylation is 1. The molecule has 2 unspecified atom stereocenters. The number of hydrogen-bond donors (Lipinski definition) is 1. The van der Waals surface area contributed by atoms with Gasteiger partial charge in [0.05, 0.1) is 19.8 Å². The third-order valence-electron chi connectivity index (χ3n) is 4.47. The maximum atomic E-state index is 10.7. The minimum absolute atomic E-state index is 0.220. The lowest BCUT2D eigenvalue weighted by atomic mass is 9.85. The molecule has 0 spiro atoms. The summed E-state index contributed by atoms with van der Waals surface area (Å²) in [5.74, 6) is 0.873. The largest absolute Gasteiger partial charge is 0.497 e. The summed E-state index contributed by atoms with van der Waals surface area (Å²) in [6.45, 7) is 3.56. The van der Waals surface area contributed by atoms with Crippen molar-refractivity contribution in [3.8, 4) is 5.75 Å². The van der Waals surface area contributed by atoms with Gasteiger partial charge >= 0.3 is 0 Å². The van der Waals surface area contributed by atoms with Crippen molar-refractivity contribution < 1.29 is 14.6 Å². The monoisotopic (exact) mass is 277 g/mol. The molecular formula is C16H23NO3. The Labute approximate surface area is 120 Å². The van der Waals surface area contributed by atoms with Gasteiger partial charge in [0, 0.05) is 25.7 Å². The van der Waals surface area contributed by atoms with Crippen LogP contribution < -0.4 is 4.74 Å². The number of aliphatic hydroxyl groups excluding tert-OH is 1. The average molecular weight is 277 g/mol. The van der Waals surface area contributed by atoms with E-state index in [4.69, 9.17) is 9.47 Å². The number of methoxy groups -OCH3 is 1. The van der Waals surface area contributed by atoms with Crippen molar-refractivity contribution in [2.24, 2.45) is 0 Å². The van der Waals surface area contributed by atoms with E-state index in [2.05, 4.69) is 11.0 Å². The number of hydrogen-bond acceptors (Lipinski definition) is 4. The summed E-state index contributed by atoms with van der Waals surface area (Å²) >= 11 is 0. The summed E-state index contributed by atoms with van der Waals surface area (Å²) in [5, 5.41) is 10.7. The summed E-state index contributed by atoms with van der Waals surface area (Å²) in [6, 6.07) is 6.23. The molecule has 0 radical (unpaired) electrons. The number of rotatable bonds is 2. The summed E-state index contributed by atoms with van der Waals surface area (Å²) in [5.41, 5.74) is 2.28. The van der Waals surface area contributed by atoms with Crippen LogP contribution in [0.1, 0.15) is 30.1 Å². The second kappa shape index (κ2) is 6.12. The zero-order valence-corrected chi connectivity index (χ0v) is 12.0. The minimum Gasteiger partial charge on any atom is -0.497 e. The Bertz CT molecular complexity index is 455. The molecule has 1 aromatic carbocycles. The van der Waals surface area contributed by atoms with E-state index >= 15 is 0 Å². The molecule has 1 aromatic rings. The first-order chi connectivity index (χ1) is 9.79. The standard InChI is InChI=1S/C16H23NO3/c1-19-13-4-5-14-12(11-13)3-6-15(16(14)18)17-7-2-9-20-10-8-17/h4-5,11,15-16,18H,2-3,6-10H2,1H3. The SMILES string of the molecule is COc1ccc2c(c1)CCC(N1CCCOCC1)C2O. The summed E-state index contributed by atoms with van der Waals surface area (Å²) in [7, 11) is 1.68. The van der Waals surface area contributed by atoms with Crippen LogP contribution in [0.5, 0.6) is 5.75 Å². The molecule has 1 aliphatic carbocycles. The molecule has 1 saturated heterocycles. The number of benzene rings is 1. The van der Waals surface area contributed by atoms with Crippen LogP contribution in [0.3, 0.4) is 0 Å². The van der Waals surface area contributed by atoms with Gasteiger partial charge in [0.1, 0.15) is 5.75 Å². The smallest absolute Gasteiger partial charge is 0.119 e. The molecule has 1 heterocycles. The van der Waals surface area contributed by atoms with Gasteiger partial charge in [-0.15, -0.1) is 0 Å². The molecule has 0 amide bonds. The zero-order chi connectivity index (χ0) is 13.9. The molecule has 0 bridgehead atoms. The van der Waals surface area contributed by atoms with Gasteiger partial charge in [-0.2, -0.15) is 0 Å². The normalized spacial score (nSPS) is 27.7. The highest BCUT2D eigenvalue weighted by molar-refractivity contribution is 5.39. The molecule has 1 N–H and O–H groups in total. The molecule has 1 fully saturated rings. The van der Waals surface area contributed by atoms with Gasteiger partial charge in [0.15, 0.2) is 0 Å². The van der Waals surface area contributed by atoms with Crippen LogP contribution in [0.15, 0.2) is 18.2 Å². The first-order valence-corrected chi connectivity index (χ1v) is 7.46. The molecular weight excluding hydrogens is 254 g/mol. The second-order valence-corrected chi connectivity index (χ2v) is 5.62. The van der Waals surface area contributed by atoms with Crippen LogP contribution in [0.4, 0.5) is 0 Å². The Kier molecular flexibility index (Phi) is 4.24. The van der Waals surface area contributed by atoms with Gasteiger partial charge in [-0.3, -0.25) is 4.90 Å². The number of ether oxygens (including phenoxy) is 2. The van der Waals surface area contributed by atoms with E-state index in [1.807, 2.05) is 12.1 Å². The number of aliphatic hydroxyl groups is 1. The topological polar surface area (TPSA) is 41.9 Å². The molecule has 4 heteroatoms. The van der Waals surface area contributed by atoms with Crippen molar-refractivity contribution in [1.29, 1.82) is 0 Å². The molecule has 2 atom stereocenters. The van der Waals surface area contributed by atoms with E-state index in [0.29, 0.717) is 0 Å². The number of fused-ring (bicyclic) bond motifs is 1. The van der Waals surface area contributed by atoms with Crippen LogP contribution in [0, 0.1) is 0 Å². The first kappa shape index (κ1) is 13.9. The fourth-order valence-electron chi connectivity index (χ4n) is 3.36. The molecule has 0 aromatic heterocycles. The Morgan fingerprint density at radius 1 is 1.30 bits per heavy atom. The number of nitrogens with zero attached hydrogens (tertiary/aromatic N) is 1. The Morgan fingerprint density at radius 3 is 3.05 bits per heavy atom. The predicted molar refractivity (Wildman–Crippen MR) is 77.1 cm³/mol. The maximum absolute atomic E-state index is 10.7. The van der Waals surface area contributed by atoms with E-state index < -0.39 is 6.10 Å². The lowest BCUT2D eigenvalue weighted by Crippen LogP contribution is -2.43. The average Bonchev–Trinajstić information content (AvgIpc) is 2.76. The summed E-state index contributed by atoms with van der Waals surface area (Å²) < 4.78 is 10.8. The second-order valence-electron chi connectivity index (χ2n) is 5.62. The van der Waals surface area contributed by atoms with E-state index in [9.17, 15) is 5.11 Å². The van der Waals surface area contributed by atoms with Crippen molar-refractivity contribution in [3.05, 3.63) is 29.3 Å². The van der Waals surface area contributed by atoms with E-state index in [1.165, 1.54) is 5.56 Å². The van der Waals surface area contributed by atoms with Crippen LogP contribution in [-0.4, -0.2) is 49.5 Å². The highest BCUT2D eigenvalue weighted by Gasteiger charge is 2.32. The fourth-order valence-corrected chi connectivity index (χ4v) is 3.36. The lowest BCUT2D eigenvalue weighted by molar-refractivity contribution is 0.0338. The van der Waals surface area contributed by atoms with Crippen LogP contribution in [0.2, 0.25) is 0 Å². The molecule has 0 saturated carbocycles. The third-order valence-corrected chi connectivity index (χ3v) is 4.47. The van der Waals surface area contributed by atoms with Gasteiger partial charge < -0.3 is 14.6 Å². The van der Waals surface area contributed by atoms with Crippen LogP contribution >= 0.6 is 0 Å². The molecule has 3 rings (SSSR count). The van der Waals surface area contributed by atoms with Crippen molar-refractivity contribution in [2.45, 2.75) is 31.4 Å². The highest BCUT2D eigenvalue weighted by atomic mass is 16.5. The van der Waals surface area contributed by atoms with E-state index in [1.54, 1.807) is 7.11 Å². The molecule has 1 aliphatic heterocycles. The van der Waals surface area contributed by atoms with E-state index in [-0.39, 0.29) is 6.04 Å². The van der Waals surface area contributed by atoms with Gasteiger partial charge in [-0.05, 0) is 42.5 Å². The molecule has 4 nitrogen and oxygen atoms in total. The van der Waals surface area contributed by atoms with Crippen molar-refractivity contribution in [2.75, 3.05) is 33.4 Å². The molecule has 2 aliphatic rings. The lowest BCUT2D eigenvalue weighted by Gasteiger charge is -2.38. The van der Waals surface area contributed by atoms with Gasteiger partial charge in [0.25, 0.3) is 0 Å². The quantitative estimate of drug-likeness (QED) is 0.894. The highest BCUT2D eigenvalue weighted by Crippen LogP contribution is 2.35. The van der Waals surface area contributed by atoms with Gasteiger partial charge in [-0.1, -0.05) is 6.07 Å². The fraction of sp³-hybridized carbons (Fsp3) is 0.625. The van der Waals surface area contributed by atoms with Gasteiger partial charge in [-0.25, -0.2) is 0 Å². The Balaban J connectivity index is 1.79. The van der Waals surface area contributed by atoms with Crippen molar-refractivity contribution in [1.82, 2.24) is 4.90 Å². The Morgan fingerprint density at radius 2 is 2.20 bits per heavy atom. The first-order valence-electron chi connectivity index (χ1n) is 7.46. The Hall–Kier alpha value is -1.10. The van der Waals surface area contributed by atoms with Crippen LogP contribution in [-0.2, 0) is 11.2 Å². The minimum atomic E-state index is -0.400. The van der Waals surface area contributed by atoms with Gasteiger partial charge in [0.2, 0.25) is 0 Å². The summed E-state index contributed by atoms with van der Waals surface area (Å²) in [4.78, 5) is 2.39.